The maximum atomic E-state index is 4.83. The molecule has 0 aliphatic carbocycles. The van der Waals surface area contributed by atoms with Crippen LogP contribution in [-0.2, 0) is 0 Å². The number of fused-ring (bicyclic) bond motifs is 1. The Morgan fingerprint density at radius 1 is 1.24 bits per heavy atom. The predicted octanol–water partition coefficient (Wildman–Crippen LogP) is 3.27. The van der Waals surface area contributed by atoms with Gasteiger partial charge in [0.2, 0.25) is 0 Å². The number of aliphatic imine (C=N–C) groups is 2. The average Bonchev–Trinajstić information content (AvgIpc) is 2.86. The van der Waals surface area contributed by atoms with E-state index >= 15 is 0 Å². The van der Waals surface area contributed by atoms with Crippen molar-refractivity contribution in [3.63, 3.8) is 0 Å². The monoisotopic (exact) mass is 324 g/mol. The summed E-state index contributed by atoms with van der Waals surface area (Å²) in [7, 11) is 0. The van der Waals surface area contributed by atoms with E-state index in [1.807, 2.05) is 0 Å². The SMILES string of the molecule is CC1(C)CN2C(CSC3=NC(C)(C)C(C)(C)N3)=CSC2=N1. The van der Waals surface area contributed by atoms with E-state index in [4.69, 9.17) is 9.98 Å². The second kappa shape index (κ2) is 4.69. The molecule has 21 heavy (non-hydrogen) atoms. The van der Waals surface area contributed by atoms with Crippen LogP contribution in [0.3, 0.4) is 0 Å². The van der Waals surface area contributed by atoms with Crippen molar-refractivity contribution in [2.75, 3.05) is 12.3 Å². The number of rotatable bonds is 2. The first kappa shape index (κ1) is 15.3. The van der Waals surface area contributed by atoms with Crippen LogP contribution in [0.4, 0.5) is 0 Å². The Kier molecular flexibility index (Phi) is 3.41. The van der Waals surface area contributed by atoms with Gasteiger partial charge in [-0.05, 0) is 47.0 Å². The van der Waals surface area contributed by atoms with Crippen LogP contribution in [0.15, 0.2) is 21.1 Å². The lowest BCUT2D eigenvalue weighted by Crippen LogP contribution is -2.49. The highest BCUT2D eigenvalue weighted by atomic mass is 32.2. The number of nitrogens with one attached hydrogen (secondary N) is 1. The van der Waals surface area contributed by atoms with Crippen molar-refractivity contribution < 1.29 is 0 Å². The van der Waals surface area contributed by atoms with Crippen LogP contribution in [0.2, 0.25) is 0 Å². The van der Waals surface area contributed by atoms with E-state index in [1.165, 1.54) is 5.70 Å². The van der Waals surface area contributed by atoms with Crippen LogP contribution < -0.4 is 5.32 Å². The van der Waals surface area contributed by atoms with E-state index in [0.29, 0.717) is 0 Å². The number of hydrogen-bond donors (Lipinski definition) is 1. The molecule has 4 nitrogen and oxygen atoms in total. The van der Waals surface area contributed by atoms with Gasteiger partial charge in [0.15, 0.2) is 10.3 Å². The first-order chi connectivity index (χ1) is 9.60. The zero-order valence-electron chi connectivity index (χ0n) is 13.6. The smallest absolute Gasteiger partial charge is 0.168 e. The molecule has 0 fully saturated rings. The summed E-state index contributed by atoms with van der Waals surface area (Å²) in [5.41, 5.74) is 1.34. The molecule has 0 aromatic heterocycles. The summed E-state index contributed by atoms with van der Waals surface area (Å²) < 4.78 is 0. The van der Waals surface area contributed by atoms with Crippen LogP contribution in [0.5, 0.6) is 0 Å². The van der Waals surface area contributed by atoms with Crippen molar-refractivity contribution in [1.82, 2.24) is 10.2 Å². The molecule has 0 amide bonds. The van der Waals surface area contributed by atoms with E-state index in [-0.39, 0.29) is 16.6 Å². The Morgan fingerprint density at radius 3 is 2.57 bits per heavy atom. The Morgan fingerprint density at radius 2 is 1.95 bits per heavy atom. The molecule has 6 heteroatoms. The van der Waals surface area contributed by atoms with Crippen molar-refractivity contribution in [1.29, 1.82) is 0 Å². The normalized spacial score (nSPS) is 27.9. The molecule has 0 aromatic rings. The van der Waals surface area contributed by atoms with Gasteiger partial charge in [0, 0.05) is 18.0 Å². The number of nitrogens with zero attached hydrogens (tertiary/aromatic N) is 3. The molecule has 0 unspecified atom stereocenters. The predicted molar refractivity (Wildman–Crippen MR) is 95.1 cm³/mol. The van der Waals surface area contributed by atoms with Crippen molar-refractivity contribution >= 4 is 33.9 Å². The van der Waals surface area contributed by atoms with Gasteiger partial charge in [-0.3, -0.25) is 9.98 Å². The van der Waals surface area contributed by atoms with Gasteiger partial charge >= 0.3 is 0 Å². The van der Waals surface area contributed by atoms with Gasteiger partial charge in [0.05, 0.1) is 16.6 Å². The second-order valence-electron chi connectivity index (χ2n) is 7.53. The maximum Gasteiger partial charge on any atom is 0.168 e. The summed E-state index contributed by atoms with van der Waals surface area (Å²) in [6, 6.07) is 0. The third-order valence-electron chi connectivity index (χ3n) is 4.51. The molecule has 116 valence electrons. The van der Waals surface area contributed by atoms with Gasteiger partial charge < -0.3 is 10.2 Å². The van der Waals surface area contributed by atoms with Crippen molar-refractivity contribution in [2.45, 2.75) is 58.2 Å². The van der Waals surface area contributed by atoms with Gasteiger partial charge in [-0.1, -0.05) is 23.5 Å². The van der Waals surface area contributed by atoms with Gasteiger partial charge in [0.25, 0.3) is 0 Å². The topological polar surface area (TPSA) is 40.0 Å². The summed E-state index contributed by atoms with van der Waals surface area (Å²) >= 11 is 3.54. The fourth-order valence-electron chi connectivity index (χ4n) is 2.47. The fourth-order valence-corrected chi connectivity index (χ4v) is 4.78. The third-order valence-corrected chi connectivity index (χ3v) is 6.33. The molecular weight excluding hydrogens is 300 g/mol. The van der Waals surface area contributed by atoms with Crippen LogP contribution in [0.1, 0.15) is 41.5 Å². The summed E-state index contributed by atoms with van der Waals surface area (Å²) in [6.07, 6.45) is 0. The molecule has 0 atom stereocenters. The molecule has 0 radical (unpaired) electrons. The lowest BCUT2D eigenvalue weighted by atomic mass is 9.85. The van der Waals surface area contributed by atoms with Crippen LogP contribution in [0.25, 0.3) is 0 Å². The Labute approximate surface area is 135 Å². The summed E-state index contributed by atoms with van der Waals surface area (Å²) in [4.78, 5) is 11.9. The number of amidine groups is 2. The van der Waals surface area contributed by atoms with E-state index in [2.05, 4.69) is 57.2 Å². The van der Waals surface area contributed by atoms with Gasteiger partial charge in [0.1, 0.15) is 0 Å². The molecule has 0 bridgehead atoms. The first-order valence-corrected chi connectivity index (χ1v) is 9.20. The molecule has 1 N–H and O–H groups in total. The lowest BCUT2D eigenvalue weighted by molar-refractivity contribution is 0.310. The minimum atomic E-state index is -0.0591. The van der Waals surface area contributed by atoms with Crippen molar-refractivity contribution in [2.24, 2.45) is 9.98 Å². The Balaban J connectivity index is 1.62. The highest BCUT2D eigenvalue weighted by molar-refractivity contribution is 8.17. The average molecular weight is 325 g/mol. The maximum absolute atomic E-state index is 4.83. The molecule has 3 aliphatic heterocycles. The molecule has 0 aromatic carbocycles. The van der Waals surface area contributed by atoms with E-state index in [1.54, 1.807) is 23.5 Å². The highest BCUT2D eigenvalue weighted by Gasteiger charge is 2.43. The van der Waals surface area contributed by atoms with Gasteiger partial charge in [-0.15, -0.1) is 0 Å². The van der Waals surface area contributed by atoms with E-state index in [9.17, 15) is 0 Å². The van der Waals surface area contributed by atoms with Crippen LogP contribution >= 0.6 is 23.5 Å². The Bertz CT molecular complexity index is 558. The summed E-state index contributed by atoms with van der Waals surface area (Å²) in [6.45, 7) is 14.2. The second-order valence-corrected chi connectivity index (χ2v) is 9.34. The standard InChI is InChI=1S/C15H24N4S2/c1-13(2)9-19-10(8-21-12(19)18-13)7-20-11-16-14(3,4)15(5,6)17-11/h8H,7,9H2,1-6H3,(H,16,17). The van der Waals surface area contributed by atoms with Gasteiger partial charge in [-0.25, -0.2) is 0 Å². The molecule has 0 saturated carbocycles. The minimum Gasteiger partial charge on any atom is -0.358 e. The largest absolute Gasteiger partial charge is 0.358 e. The molecular formula is C15H24N4S2. The zero-order chi connectivity index (χ0) is 15.5. The van der Waals surface area contributed by atoms with Crippen LogP contribution in [-0.4, -0.2) is 44.1 Å². The quantitative estimate of drug-likeness (QED) is 0.846. The third kappa shape index (κ3) is 2.72. The summed E-state index contributed by atoms with van der Waals surface area (Å²) in [5.74, 6) is 0.945. The number of hydrogen-bond acceptors (Lipinski definition) is 6. The number of thioether (sulfide) groups is 2. The van der Waals surface area contributed by atoms with E-state index in [0.717, 1.165) is 22.6 Å². The molecule has 3 aliphatic rings. The van der Waals surface area contributed by atoms with E-state index < -0.39 is 0 Å². The molecule has 0 spiro atoms. The van der Waals surface area contributed by atoms with Gasteiger partial charge in [-0.2, -0.15) is 0 Å². The molecule has 3 heterocycles. The molecule has 0 saturated heterocycles. The lowest BCUT2D eigenvalue weighted by Gasteiger charge is -2.32. The summed E-state index contributed by atoms with van der Waals surface area (Å²) in [5, 5.41) is 7.99. The minimum absolute atomic E-state index is 0.0103. The zero-order valence-corrected chi connectivity index (χ0v) is 15.3. The van der Waals surface area contributed by atoms with Crippen molar-refractivity contribution in [3.05, 3.63) is 11.1 Å². The highest BCUT2D eigenvalue weighted by Crippen LogP contribution is 2.38. The Hall–Kier alpha value is -0.620. The first-order valence-electron chi connectivity index (χ1n) is 7.34. The molecule has 3 rings (SSSR count). The van der Waals surface area contributed by atoms with Crippen LogP contribution in [0, 0.1) is 0 Å². The fraction of sp³-hybridized carbons (Fsp3) is 0.733. The van der Waals surface area contributed by atoms with Crippen molar-refractivity contribution in [3.8, 4) is 0 Å².